The monoisotopic (exact) mass is 244 g/mol. The lowest BCUT2D eigenvalue weighted by molar-refractivity contribution is 0.414. The Kier molecular flexibility index (Phi) is 3.67. The van der Waals surface area contributed by atoms with E-state index in [1.165, 1.54) is 5.56 Å². The Morgan fingerprint density at radius 3 is 2.39 bits per heavy atom. The second-order valence-corrected chi connectivity index (χ2v) is 4.16. The Morgan fingerprint density at radius 2 is 1.78 bits per heavy atom. The van der Waals surface area contributed by atoms with Gasteiger partial charge in [0.1, 0.15) is 11.6 Å². The van der Waals surface area contributed by atoms with E-state index in [1.54, 1.807) is 19.2 Å². The molecule has 0 saturated heterocycles. The summed E-state index contributed by atoms with van der Waals surface area (Å²) < 4.78 is 5.10. The Morgan fingerprint density at radius 1 is 1.11 bits per heavy atom. The van der Waals surface area contributed by atoms with Gasteiger partial charge in [0.25, 0.3) is 0 Å². The van der Waals surface area contributed by atoms with Gasteiger partial charge in [-0.1, -0.05) is 12.1 Å². The van der Waals surface area contributed by atoms with E-state index in [0.29, 0.717) is 5.82 Å². The molecule has 0 aliphatic rings. The summed E-state index contributed by atoms with van der Waals surface area (Å²) >= 11 is 0. The molecule has 2 rings (SSSR count). The number of aromatic nitrogens is 1. The highest BCUT2D eigenvalue weighted by Crippen LogP contribution is 2.13. The second kappa shape index (κ2) is 5.40. The molecule has 0 atom stereocenters. The molecule has 0 aliphatic heterocycles. The van der Waals surface area contributed by atoms with Gasteiger partial charge in [0.15, 0.2) is 0 Å². The lowest BCUT2D eigenvalue weighted by atomic mass is 10.1. The van der Waals surface area contributed by atoms with Crippen LogP contribution in [0.25, 0.3) is 0 Å². The lowest BCUT2D eigenvalue weighted by Gasteiger charge is -2.04. The first-order chi connectivity index (χ1) is 8.67. The highest BCUT2D eigenvalue weighted by atomic mass is 16.5. The van der Waals surface area contributed by atoms with Crippen molar-refractivity contribution in [1.29, 1.82) is 0 Å². The molecule has 0 fully saturated rings. The van der Waals surface area contributed by atoms with E-state index < -0.39 is 0 Å². The molecule has 0 spiro atoms. The number of anilines is 1. The first-order valence-electron chi connectivity index (χ1n) is 5.79. The Bertz CT molecular complexity index is 573. The summed E-state index contributed by atoms with van der Waals surface area (Å²) in [6.07, 6.45) is 1.66. The second-order valence-electron chi connectivity index (χ2n) is 4.16. The highest BCUT2D eigenvalue weighted by molar-refractivity contribution is 5.33. The maximum absolute atomic E-state index is 11.3. The van der Waals surface area contributed by atoms with Crippen molar-refractivity contribution in [3.05, 3.63) is 57.9 Å². The first kappa shape index (κ1) is 12.2. The van der Waals surface area contributed by atoms with Crippen molar-refractivity contribution in [3.8, 4) is 5.75 Å². The van der Waals surface area contributed by atoms with E-state index in [-0.39, 0.29) is 5.56 Å². The number of aromatic amines is 1. The molecule has 94 valence electrons. The van der Waals surface area contributed by atoms with Crippen molar-refractivity contribution in [2.24, 2.45) is 0 Å². The molecule has 4 nitrogen and oxygen atoms in total. The van der Waals surface area contributed by atoms with Crippen LogP contribution in [-0.2, 0) is 12.8 Å². The third kappa shape index (κ3) is 3.13. The fourth-order valence-electron chi connectivity index (χ4n) is 1.85. The molecule has 1 aromatic carbocycles. The first-order valence-corrected chi connectivity index (χ1v) is 5.79. The van der Waals surface area contributed by atoms with Gasteiger partial charge in [0.05, 0.1) is 7.11 Å². The predicted octanol–water partition coefficient (Wildman–Crippen LogP) is 1.75. The number of rotatable bonds is 4. The van der Waals surface area contributed by atoms with Crippen LogP contribution in [0, 0.1) is 0 Å². The number of nitrogens with two attached hydrogens (primary N) is 1. The number of methoxy groups -OCH3 is 1. The van der Waals surface area contributed by atoms with Gasteiger partial charge < -0.3 is 15.5 Å². The van der Waals surface area contributed by atoms with Gasteiger partial charge in [0.2, 0.25) is 5.56 Å². The summed E-state index contributed by atoms with van der Waals surface area (Å²) in [5, 5.41) is 0. The topological polar surface area (TPSA) is 68.1 Å². The number of pyridine rings is 1. The standard InChI is InChI=1S/C14H16N2O2/c1-18-12-6-4-10(5-7-12)2-3-11-8-13(15)16-14(17)9-11/h4-9H,2-3H2,1H3,(H3,15,16,17). The van der Waals surface area contributed by atoms with E-state index >= 15 is 0 Å². The molecule has 0 radical (unpaired) electrons. The number of ether oxygens (including phenoxy) is 1. The van der Waals surface area contributed by atoms with Crippen LogP contribution in [0.2, 0.25) is 0 Å². The molecule has 0 saturated carbocycles. The molecule has 1 aromatic heterocycles. The number of H-pyrrole nitrogens is 1. The van der Waals surface area contributed by atoms with Gasteiger partial charge in [-0.05, 0) is 42.2 Å². The summed E-state index contributed by atoms with van der Waals surface area (Å²) in [5.74, 6) is 1.26. The van der Waals surface area contributed by atoms with E-state index in [1.807, 2.05) is 24.3 Å². The summed E-state index contributed by atoms with van der Waals surface area (Å²) in [6.45, 7) is 0. The summed E-state index contributed by atoms with van der Waals surface area (Å²) in [5.41, 5.74) is 7.60. The number of nitrogens with one attached hydrogen (secondary N) is 1. The minimum Gasteiger partial charge on any atom is -0.497 e. The van der Waals surface area contributed by atoms with Crippen LogP contribution in [0.5, 0.6) is 5.75 Å². The van der Waals surface area contributed by atoms with Crippen LogP contribution in [0.4, 0.5) is 5.82 Å². The number of aryl methyl sites for hydroxylation is 2. The number of benzene rings is 1. The third-order valence-electron chi connectivity index (χ3n) is 2.79. The Labute approximate surface area is 105 Å². The van der Waals surface area contributed by atoms with Crippen LogP contribution in [0.15, 0.2) is 41.2 Å². The average Bonchev–Trinajstić information content (AvgIpc) is 2.36. The molecule has 0 aliphatic carbocycles. The normalized spacial score (nSPS) is 10.3. The van der Waals surface area contributed by atoms with Gasteiger partial charge in [-0.25, -0.2) is 0 Å². The van der Waals surface area contributed by atoms with E-state index in [0.717, 1.165) is 24.2 Å². The van der Waals surface area contributed by atoms with Crippen molar-refractivity contribution in [2.45, 2.75) is 12.8 Å². The van der Waals surface area contributed by atoms with Crippen molar-refractivity contribution in [2.75, 3.05) is 12.8 Å². The Balaban J connectivity index is 2.04. The zero-order valence-electron chi connectivity index (χ0n) is 10.3. The maximum atomic E-state index is 11.3. The van der Waals surface area contributed by atoms with Crippen LogP contribution >= 0.6 is 0 Å². The maximum Gasteiger partial charge on any atom is 0.249 e. The molecule has 2 aromatic rings. The van der Waals surface area contributed by atoms with Gasteiger partial charge in [-0.15, -0.1) is 0 Å². The molecule has 4 heteroatoms. The minimum absolute atomic E-state index is 0.153. The van der Waals surface area contributed by atoms with Crippen molar-refractivity contribution in [3.63, 3.8) is 0 Å². The van der Waals surface area contributed by atoms with Crippen molar-refractivity contribution in [1.82, 2.24) is 4.98 Å². The fourth-order valence-corrected chi connectivity index (χ4v) is 1.85. The van der Waals surface area contributed by atoms with E-state index in [4.69, 9.17) is 10.5 Å². The van der Waals surface area contributed by atoms with Crippen LogP contribution in [0.3, 0.4) is 0 Å². The summed E-state index contributed by atoms with van der Waals surface area (Å²) in [6, 6.07) is 11.3. The van der Waals surface area contributed by atoms with Crippen molar-refractivity contribution < 1.29 is 4.74 Å². The van der Waals surface area contributed by atoms with Gasteiger partial charge in [-0.2, -0.15) is 0 Å². The quantitative estimate of drug-likeness (QED) is 0.861. The molecule has 0 bridgehead atoms. The average molecular weight is 244 g/mol. The molecular formula is C14H16N2O2. The smallest absolute Gasteiger partial charge is 0.249 e. The highest BCUT2D eigenvalue weighted by Gasteiger charge is 1.99. The number of hydrogen-bond acceptors (Lipinski definition) is 3. The zero-order valence-corrected chi connectivity index (χ0v) is 10.3. The fraction of sp³-hybridized carbons (Fsp3) is 0.214. The lowest BCUT2D eigenvalue weighted by Crippen LogP contribution is -2.09. The van der Waals surface area contributed by atoms with Crippen LogP contribution < -0.4 is 16.0 Å². The molecule has 18 heavy (non-hydrogen) atoms. The molecular weight excluding hydrogens is 228 g/mol. The molecule has 0 amide bonds. The molecule has 1 heterocycles. The summed E-state index contributed by atoms with van der Waals surface area (Å²) in [4.78, 5) is 13.8. The largest absolute Gasteiger partial charge is 0.497 e. The SMILES string of the molecule is COc1ccc(CCc2cc(N)[nH]c(=O)c2)cc1. The zero-order chi connectivity index (χ0) is 13.0. The number of hydrogen-bond donors (Lipinski definition) is 2. The Hall–Kier alpha value is -2.23. The van der Waals surface area contributed by atoms with Crippen molar-refractivity contribution >= 4 is 5.82 Å². The summed E-state index contributed by atoms with van der Waals surface area (Å²) in [7, 11) is 1.65. The predicted molar refractivity (Wildman–Crippen MR) is 71.9 cm³/mol. The van der Waals surface area contributed by atoms with Gasteiger partial charge >= 0.3 is 0 Å². The minimum atomic E-state index is -0.153. The molecule has 3 N–H and O–H groups in total. The van der Waals surface area contributed by atoms with E-state index in [2.05, 4.69) is 4.98 Å². The van der Waals surface area contributed by atoms with E-state index in [9.17, 15) is 4.79 Å². The van der Waals surface area contributed by atoms with Crippen LogP contribution in [0.1, 0.15) is 11.1 Å². The van der Waals surface area contributed by atoms with Crippen LogP contribution in [-0.4, -0.2) is 12.1 Å². The third-order valence-corrected chi connectivity index (χ3v) is 2.79. The molecule has 0 unspecified atom stereocenters. The van der Waals surface area contributed by atoms with Gasteiger partial charge in [0, 0.05) is 6.07 Å². The van der Waals surface area contributed by atoms with Gasteiger partial charge in [-0.3, -0.25) is 4.79 Å². The number of nitrogen functional groups attached to an aromatic ring is 1.